The van der Waals surface area contributed by atoms with Crippen LogP contribution >= 0.6 is 0 Å². The quantitative estimate of drug-likeness (QED) is 0.530. The minimum atomic E-state index is -0.250. The Morgan fingerprint density at radius 1 is 0.944 bits per heavy atom. The van der Waals surface area contributed by atoms with Crippen LogP contribution in [0.4, 0.5) is 0 Å². The van der Waals surface area contributed by atoms with Gasteiger partial charge in [-0.15, -0.1) is 0 Å². The molecule has 2 aromatic rings. The summed E-state index contributed by atoms with van der Waals surface area (Å²) in [6.45, 7) is 12.0. The van der Waals surface area contributed by atoms with Gasteiger partial charge in [0.05, 0.1) is 0 Å². The number of carbonyl (C=O) groups is 2. The average Bonchev–Trinajstić information content (AvgIpc) is 2.85. The lowest BCUT2D eigenvalue weighted by molar-refractivity contribution is -0.123. The summed E-state index contributed by atoms with van der Waals surface area (Å²) >= 11 is 0. The van der Waals surface area contributed by atoms with Crippen molar-refractivity contribution in [2.24, 2.45) is 0 Å². The molecule has 3 N–H and O–H groups in total. The van der Waals surface area contributed by atoms with Gasteiger partial charge in [-0.3, -0.25) is 24.2 Å². The minimum Gasteiger partial charge on any atom is -0.483 e. The second kappa shape index (κ2) is 15.2. The highest BCUT2D eigenvalue weighted by molar-refractivity contribution is 5.38. The first-order chi connectivity index (χ1) is 17.3. The van der Waals surface area contributed by atoms with Crippen LogP contribution in [0, 0.1) is 13.8 Å². The van der Waals surface area contributed by atoms with Crippen molar-refractivity contribution in [1.29, 1.82) is 0 Å². The van der Waals surface area contributed by atoms with Gasteiger partial charge in [-0.05, 0) is 100 Å². The molecule has 198 valence electrons. The average molecular weight is 500 g/mol. The van der Waals surface area contributed by atoms with Crippen molar-refractivity contribution in [2.45, 2.75) is 77.9 Å². The number of aromatic nitrogens is 1. The molecule has 8 heteroatoms. The van der Waals surface area contributed by atoms with E-state index in [0.717, 1.165) is 39.0 Å². The van der Waals surface area contributed by atoms with E-state index in [1.165, 1.54) is 53.6 Å². The Balaban J connectivity index is 0.000000693. The van der Waals surface area contributed by atoms with E-state index in [9.17, 15) is 4.79 Å². The number of nitrogens with zero attached hydrogens (tertiary/aromatic N) is 2. The topological polar surface area (TPSA) is 114 Å². The largest absolute Gasteiger partial charge is 0.483 e. The Hall–Kier alpha value is -2.97. The number of nitrogens with one attached hydrogen (secondary N) is 1. The van der Waals surface area contributed by atoms with Crippen LogP contribution in [-0.4, -0.2) is 63.6 Å². The molecule has 1 unspecified atom stereocenters. The molecule has 4 rings (SSSR count). The van der Waals surface area contributed by atoms with Crippen molar-refractivity contribution in [3.8, 4) is 0 Å². The summed E-state index contributed by atoms with van der Waals surface area (Å²) in [4.78, 5) is 36.4. The van der Waals surface area contributed by atoms with Crippen molar-refractivity contribution in [2.75, 3.05) is 19.6 Å². The van der Waals surface area contributed by atoms with E-state index in [4.69, 9.17) is 19.8 Å². The van der Waals surface area contributed by atoms with Crippen LogP contribution in [0.2, 0.25) is 0 Å². The first-order valence-corrected chi connectivity index (χ1v) is 12.7. The van der Waals surface area contributed by atoms with Gasteiger partial charge in [0.25, 0.3) is 12.9 Å². The van der Waals surface area contributed by atoms with Gasteiger partial charge in [0.2, 0.25) is 5.56 Å². The Kier molecular flexibility index (Phi) is 12.4. The van der Waals surface area contributed by atoms with E-state index in [1.54, 1.807) is 12.3 Å². The maximum absolute atomic E-state index is 11.6. The molecule has 36 heavy (non-hydrogen) atoms. The molecule has 2 saturated heterocycles. The zero-order valence-corrected chi connectivity index (χ0v) is 21.8. The number of aromatic amines is 1. The fourth-order valence-corrected chi connectivity index (χ4v) is 5.33. The molecule has 0 saturated carbocycles. The summed E-state index contributed by atoms with van der Waals surface area (Å²) < 4.78 is 0. The van der Waals surface area contributed by atoms with Crippen LogP contribution in [0.25, 0.3) is 0 Å². The van der Waals surface area contributed by atoms with Gasteiger partial charge in [0.15, 0.2) is 0 Å². The highest BCUT2D eigenvalue weighted by Crippen LogP contribution is 2.29. The zero-order chi connectivity index (χ0) is 26.5. The van der Waals surface area contributed by atoms with E-state index in [-0.39, 0.29) is 18.5 Å². The Morgan fingerprint density at radius 3 is 2.14 bits per heavy atom. The van der Waals surface area contributed by atoms with Crippen LogP contribution in [0.1, 0.15) is 72.8 Å². The lowest BCUT2D eigenvalue weighted by Crippen LogP contribution is -2.37. The summed E-state index contributed by atoms with van der Waals surface area (Å²) in [7, 11) is 0. The number of hydrogen-bond donors (Lipinski definition) is 3. The SMILES string of the molecule is Cc1cc(CN2CCC(c3cc[nH]c(=O)c3)CC2)c(C)c(CN2CCCCC2C)c1.O=CO.O=CO. The van der Waals surface area contributed by atoms with Crippen LogP contribution in [-0.2, 0) is 22.7 Å². The number of piperidine rings is 2. The second-order valence-corrected chi connectivity index (χ2v) is 9.77. The summed E-state index contributed by atoms with van der Waals surface area (Å²) in [5.74, 6) is 0.512. The molecular formula is C28H41N3O5. The summed E-state index contributed by atoms with van der Waals surface area (Å²) in [5, 5.41) is 13.8. The normalized spacial score (nSPS) is 18.8. The van der Waals surface area contributed by atoms with Gasteiger partial charge in [-0.1, -0.05) is 24.1 Å². The number of likely N-dealkylation sites (tertiary alicyclic amines) is 2. The van der Waals surface area contributed by atoms with Gasteiger partial charge in [0, 0.05) is 31.4 Å². The van der Waals surface area contributed by atoms with Crippen molar-refractivity contribution in [3.05, 3.63) is 68.6 Å². The molecule has 0 radical (unpaired) electrons. The number of aryl methyl sites for hydroxylation is 1. The molecule has 8 nitrogen and oxygen atoms in total. The van der Waals surface area contributed by atoms with Crippen LogP contribution in [0.3, 0.4) is 0 Å². The Bertz CT molecular complexity index is 1010. The van der Waals surface area contributed by atoms with Gasteiger partial charge in [-0.2, -0.15) is 0 Å². The van der Waals surface area contributed by atoms with E-state index in [1.807, 2.05) is 0 Å². The highest BCUT2D eigenvalue weighted by Gasteiger charge is 2.23. The predicted molar refractivity (Wildman–Crippen MR) is 141 cm³/mol. The zero-order valence-electron chi connectivity index (χ0n) is 21.8. The van der Waals surface area contributed by atoms with E-state index in [0.29, 0.717) is 12.0 Å². The number of benzene rings is 1. The van der Waals surface area contributed by atoms with Crippen molar-refractivity contribution in [1.82, 2.24) is 14.8 Å². The smallest absolute Gasteiger partial charge is 0.290 e. The summed E-state index contributed by atoms with van der Waals surface area (Å²) in [6.07, 6.45) is 8.09. The first kappa shape index (κ1) is 29.3. The highest BCUT2D eigenvalue weighted by atomic mass is 16.3. The standard InChI is InChI=1S/C26H37N3O.2CH2O2/c1-19-14-24(21(3)25(15-19)18-29-11-5-4-6-20(29)2)17-28-12-8-22(9-13-28)23-7-10-27-26(30)16-23;2*2-1-3/h7,10,14-16,20,22H,4-6,8-9,11-13,17-18H2,1-3H3,(H,27,30);2*1H,(H,2,3). The van der Waals surface area contributed by atoms with Crippen LogP contribution in [0.5, 0.6) is 0 Å². The lowest BCUT2D eigenvalue weighted by atomic mass is 9.89. The molecule has 1 aromatic carbocycles. The molecule has 2 aliphatic heterocycles. The third-order valence-electron chi connectivity index (χ3n) is 7.33. The summed E-state index contributed by atoms with van der Waals surface area (Å²) in [6, 6.07) is 9.34. The second-order valence-electron chi connectivity index (χ2n) is 9.77. The molecule has 2 fully saturated rings. The fourth-order valence-electron chi connectivity index (χ4n) is 5.33. The van der Waals surface area contributed by atoms with Gasteiger partial charge in [0.1, 0.15) is 0 Å². The van der Waals surface area contributed by atoms with Crippen LogP contribution < -0.4 is 5.56 Å². The minimum absolute atomic E-state index is 0.0147. The third kappa shape index (κ3) is 8.91. The van der Waals surface area contributed by atoms with Gasteiger partial charge in [-0.25, -0.2) is 0 Å². The Morgan fingerprint density at radius 2 is 1.56 bits per heavy atom. The fraction of sp³-hybridized carbons (Fsp3) is 0.536. The molecular weight excluding hydrogens is 458 g/mol. The molecule has 3 heterocycles. The molecule has 1 atom stereocenters. The Labute approximate surface area is 214 Å². The van der Waals surface area contributed by atoms with Crippen molar-refractivity contribution >= 4 is 12.9 Å². The third-order valence-corrected chi connectivity index (χ3v) is 7.33. The molecule has 0 spiro atoms. The first-order valence-electron chi connectivity index (χ1n) is 12.7. The summed E-state index contributed by atoms with van der Waals surface area (Å²) in [5.41, 5.74) is 7.08. The van der Waals surface area contributed by atoms with Gasteiger partial charge < -0.3 is 15.2 Å². The van der Waals surface area contributed by atoms with Crippen molar-refractivity contribution in [3.63, 3.8) is 0 Å². The number of H-pyrrole nitrogens is 1. The lowest BCUT2D eigenvalue weighted by Gasteiger charge is -2.35. The maximum atomic E-state index is 11.6. The number of carboxylic acid groups (broad SMARTS) is 2. The van der Waals surface area contributed by atoms with E-state index in [2.05, 4.69) is 53.8 Å². The number of rotatable bonds is 5. The van der Waals surface area contributed by atoms with E-state index < -0.39 is 0 Å². The molecule has 2 aliphatic rings. The monoisotopic (exact) mass is 499 g/mol. The van der Waals surface area contributed by atoms with Crippen molar-refractivity contribution < 1.29 is 19.8 Å². The number of pyridine rings is 1. The maximum Gasteiger partial charge on any atom is 0.290 e. The molecule has 1 aromatic heterocycles. The van der Waals surface area contributed by atoms with Gasteiger partial charge >= 0.3 is 0 Å². The predicted octanol–water partition coefficient (Wildman–Crippen LogP) is 4.15. The molecule has 0 bridgehead atoms. The number of hydrogen-bond acceptors (Lipinski definition) is 5. The van der Waals surface area contributed by atoms with E-state index >= 15 is 0 Å². The van der Waals surface area contributed by atoms with Crippen LogP contribution in [0.15, 0.2) is 35.3 Å². The molecule has 0 aliphatic carbocycles. The molecule has 0 amide bonds.